The fourth-order valence-electron chi connectivity index (χ4n) is 1.18. The Kier molecular flexibility index (Phi) is 3.71. The highest BCUT2D eigenvalue weighted by Crippen LogP contribution is 2.26. The number of nitrogens with one attached hydrogen (secondary N) is 1. The van der Waals surface area contributed by atoms with E-state index in [1.807, 2.05) is 0 Å². The van der Waals surface area contributed by atoms with Crippen molar-refractivity contribution in [3.8, 4) is 5.75 Å². The summed E-state index contributed by atoms with van der Waals surface area (Å²) in [5.74, 6) is -0.119. The first-order chi connectivity index (χ1) is 7.56. The maximum Gasteiger partial charge on any atom is 0.431 e. The zero-order valence-electron chi connectivity index (χ0n) is 8.93. The van der Waals surface area contributed by atoms with Gasteiger partial charge in [-0.25, -0.2) is 4.79 Å². The molecule has 0 saturated carbocycles. The minimum Gasteiger partial charge on any atom is -0.494 e. The van der Waals surface area contributed by atoms with Crippen LogP contribution < -0.4 is 15.2 Å². The molecule has 0 unspecified atom stereocenters. The lowest BCUT2D eigenvalue weighted by Gasteiger charge is -2.20. The van der Waals surface area contributed by atoms with E-state index in [2.05, 4.69) is 5.43 Å². The number of benzene rings is 1. The third kappa shape index (κ3) is 2.63. The molecule has 16 heavy (non-hydrogen) atoms. The van der Waals surface area contributed by atoms with Gasteiger partial charge < -0.3 is 9.84 Å². The van der Waals surface area contributed by atoms with E-state index in [4.69, 9.17) is 9.84 Å². The monoisotopic (exact) mass is 224 g/mol. The van der Waals surface area contributed by atoms with Crippen LogP contribution in [0.3, 0.4) is 0 Å². The number of para-hydroxylation sites is 2. The van der Waals surface area contributed by atoms with E-state index < -0.39 is 12.0 Å². The molecule has 2 N–H and O–H groups in total. The molecule has 1 aromatic carbocycles. The minimum absolute atomic E-state index is 0.257. The van der Waals surface area contributed by atoms with Crippen molar-refractivity contribution in [1.82, 2.24) is 5.43 Å². The van der Waals surface area contributed by atoms with Crippen molar-refractivity contribution >= 4 is 17.7 Å². The summed E-state index contributed by atoms with van der Waals surface area (Å²) < 4.78 is 5.00. The highest BCUT2D eigenvalue weighted by Gasteiger charge is 2.18. The number of anilines is 1. The van der Waals surface area contributed by atoms with Crippen LogP contribution in [0, 0.1) is 0 Å². The van der Waals surface area contributed by atoms with Crippen LogP contribution >= 0.6 is 0 Å². The van der Waals surface area contributed by atoms with Gasteiger partial charge in [0.25, 0.3) is 0 Å². The van der Waals surface area contributed by atoms with E-state index in [1.165, 1.54) is 20.1 Å². The quantitative estimate of drug-likeness (QED) is 0.740. The van der Waals surface area contributed by atoms with Crippen molar-refractivity contribution in [3.05, 3.63) is 24.3 Å². The molecule has 6 nitrogen and oxygen atoms in total. The Morgan fingerprint density at radius 1 is 1.38 bits per heavy atom. The summed E-state index contributed by atoms with van der Waals surface area (Å²) in [5, 5.41) is 9.66. The van der Waals surface area contributed by atoms with E-state index in [-0.39, 0.29) is 5.69 Å². The van der Waals surface area contributed by atoms with Crippen molar-refractivity contribution in [1.29, 1.82) is 0 Å². The first kappa shape index (κ1) is 11.8. The molecule has 86 valence electrons. The van der Waals surface area contributed by atoms with Crippen molar-refractivity contribution in [3.63, 3.8) is 0 Å². The number of rotatable bonds is 2. The molecule has 0 aliphatic rings. The maximum atomic E-state index is 11.0. The Balaban J connectivity index is 3.10. The van der Waals surface area contributed by atoms with Crippen LogP contribution in [0.1, 0.15) is 6.92 Å². The number of carbonyl (C=O) groups is 2. The topological polar surface area (TPSA) is 78.9 Å². The molecule has 0 aliphatic heterocycles. The van der Waals surface area contributed by atoms with E-state index in [0.29, 0.717) is 10.8 Å². The predicted octanol–water partition coefficient (Wildman–Crippen LogP) is 1.23. The van der Waals surface area contributed by atoms with Gasteiger partial charge in [0.1, 0.15) is 11.4 Å². The SMILES string of the molecule is COc1ccccc1N(NC(C)=O)C(=O)O. The average Bonchev–Trinajstić information content (AvgIpc) is 2.25. The first-order valence-electron chi connectivity index (χ1n) is 4.49. The second-order valence-electron chi connectivity index (χ2n) is 2.96. The minimum atomic E-state index is -1.29. The molecule has 0 heterocycles. The van der Waals surface area contributed by atoms with Crippen molar-refractivity contribution in [2.75, 3.05) is 12.1 Å². The number of ether oxygens (including phenoxy) is 1. The number of hydrogen-bond donors (Lipinski definition) is 2. The molecule has 1 rings (SSSR count). The van der Waals surface area contributed by atoms with Crippen molar-refractivity contribution in [2.24, 2.45) is 0 Å². The van der Waals surface area contributed by atoms with Gasteiger partial charge in [0.2, 0.25) is 5.91 Å². The second kappa shape index (κ2) is 5.01. The lowest BCUT2D eigenvalue weighted by Crippen LogP contribution is -2.45. The van der Waals surface area contributed by atoms with Crippen LogP contribution in [-0.4, -0.2) is 24.2 Å². The molecular formula is C10H12N2O4. The Morgan fingerprint density at radius 2 is 2.00 bits per heavy atom. The molecule has 0 spiro atoms. The van der Waals surface area contributed by atoms with Crippen LogP contribution in [0.25, 0.3) is 0 Å². The van der Waals surface area contributed by atoms with E-state index >= 15 is 0 Å². The molecule has 1 aromatic rings. The number of methoxy groups -OCH3 is 1. The third-order valence-corrected chi connectivity index (χ3v) is 1.79. The standard InChI is InChI=1S/C10H12N2O4/c1-7(13)11-12(10(14)15)8-5-3-4-6-9(8)16-2/h3-6H,1-2H3,(H,11,13)(H,14,15). The molecule has 0 fully saturated rings. The van der Waals surface area contributed by atoms with Gasteiger partial charge in [0.15, 0.2) is 0 Å². The van der Waals surface area contributed by atoms with Gasteiger partial charge in [-0.2, -0.15) is 5.01 Å². The van der Waals surface area contributed by atoms with Gasteiger partial charge >= 0.3 is 6.09 Å². The molecule has 0 radical (unpaired) electrons. The number of hydrazine groups is 1. The highest BCUT2D eigenvalue weighted by molar-refractivity contribution is 5.91. The van der Waals surface area contributed by atoms with Crippen LogP contribution in [0.5, 0.6) is 5.75 Å². The lowest BCUT2D eigenvalue weighted by atomic mass is 10.3. The van der Waals surface area contributed by atoms with Crippen molar-refractivity contribution < 1.29 is 19.4 Å². The first-order valence-corrected chi connectivity index (χ1v) is 4.49. The molecule has 6 heteroatoms. The summed E-state index contributed by atoms with van der Waals surface area (Å²) in [4.78, 5) is 21.8. The number of amides is 2. The van der Waals surface area contributed by atoms with E-state index in [9.17, 15) is 9.59 Å². The van der Waals surface area contributed by atoms with Crippen LogP contribution in [-0.2, 0) is 4.79 Å². The number of carbonyl (C=O) groups excluding carboxylic acids is 1. The van der Waals surface area contributed by atoms with Crippen molar-refractivity contribution in [2.45, 2.75) is 6.92 Å². The van der Waals surface area contributed by atoms with Gasteiger partial charge in [-0.15, -0.1) is 0 Å². The van der Waals surface area contributed by atoms with Crippen LogP contribution in [0.15, 0.2) is 24.3 Å². The summed E-state index contributed by atoms with van der Waals surface area (Å²) in [5.41, 5.74) is 2.44. The lowest BCUT2D eigenvalue weighted by molar-refractivity contribution is -0.119. The number of carboxylic acid groups (broad SMARTS) is 1. The number of nitrogens with zero attached hydrogens (tertiary/aromatic N) is 1. The summed E-state index contributed by atoms with van der Waals surface area (Å²) in [6, 6.07) is 6.49. The summed E-state index contributed by atoms with van der Waals surface area (Å²) >= 11 is 0. The van der Waals surface area contributed by atoms with Gasteiger partial charge in [-0.3, -0.25) is 10.2 Å². The molecule has 0 bridgehead atoms. The number of hydrogen-bond acceptors (Lipinski definition) is 3. The molecular weight excluding hydrogens is 212 g/mol. The maximum absolute atomic E-state index is 11.0. The molecule has 2 amide bonds. The Bertz CT molecular complexity index is 406. The highest BCUT2D eigenvalue weighted by atomic mass is 16.5. The summed E-state index contributed by atoms with van der Waals surface area (Å²) in [7, 11) is 1.42. The third-order valence-electron chi connectivity index (χ3n) is 1.79. The predicted molar refractivity (Wildman–Crippen MR) is 57.3 cm³/mol. The fraction of sp³-hybridized carbons (Fsp3) is 0.200. The molecule has 0 aromatic heterocycles. The Morgan fingerprint density at radius 3 is 2.50 bits per heavy atom. The van der Waals surface area contributed by atoms with Crippen LogP contribution in [0.2, 0.25) is 0 Å². The van der Waals surface area contributed by atoms with Gasteiger partial charge in [0.05, 0.1) is 7.11 Å². The molecule has 0 atom stereocenters. The largest absolute Gasteiger partial charge is 0.494 e. The Hall–Kier alpha value is -2.24. The molecule has 0 aliphatic carbocycles. The second-order valence-corrected chi connectivity index (χ2v) is 2.96. The van der Waals surface area contributed by atoms with E-state index in [0.717, 1.165) is 0 Å². The smallest absolute Gasteiger partial charge is 0.431 e. The van der Waals surface area contributed by atoms with Crippen LogP contribution in [0.4, 0.5) is 10.5 Å². The van der Waals surface area contributed by atoms with Gasteiger partial charge in [-0.1, -0.05) is 12.1 Å². The fourth-order valence-corrected chi connectivity index (χ4v) is 1.18. The molecule has 0 saturated heterocycles. The zero-order valence-corrected chi connectivity index (χ0v) is 8.93. The normalized spacial score (nSPS) is 9.38. The van der Waals surface area contributed by atoms with E-state index in [1.54, 1.807) is 18.2 Å². The summed E-state index contributed by atoms with van der Waals surface area (Å²) in [6.45, 7) is 1.23. The average molecular weight is 224 g/mol. The zero-order chi connectivity index (χ0) is 12.1. The Labute approximate surface area is 92.4 Å². The van der Waals surface area contributed by atoms with Gasteiger partial charge in [0, 0.05) is 6.92 Å². The van der Waals surface area contributed by atoms with Gasteiger partial charge in [-0.05, 0) is 12.1 Å². The summed E-state index contributed by atoms with van der Waals surface area (Å²) in [6.07, 6.45) is -1.29.